The molecule has 0 N–H and O–H groups in total. The molecular weight excluding hydrogens is 351 g/mol. The third-order valence-corrected chi connectivity index (χ3v) is 3.01. The quantitative estimate of drug-likeness (QED) is 0.476. The number of aryl methyl sites for hydroxylation is 2. The second-order valence-corrected chi connectivity index (χ2v) is 4.41. The summed E-state index contributed by atoms with van der Waals surface area (Å²) in [6, 6.07) is 10.1. The lowest BCUT2D eigenvalue weighted by Gasteiger charge is -1.94. The van der Waals surface area contributed by atoms with Gasteiger partial charge in [0, 0.05) is 6.07 Å². The molecule has 4 heteroatoms. The van der Waals surface area contributed by atoms with E-state index < -0.39 is 0 Å². The molecule has 0 aliphatic carbocycles. The van der Waals surface area contributed by atoms with Crippen LogP contribution in [-0.4, -0.2) is 4.98 Å². The third-order valence-electron chi connectivity index (χ3n) is 3.01. The summed E-state index contributed by atoms with van der Waals surface area (Å²) in [7, 11) is 0. The van der Waals surface area contributed by atoms with Gasteiger partial charge >= 0.3 is 0 Å². The van der Waals surface area contributed by atoms with E-state index in [4.69, 9.17) is 4.42 Å². The van der Waals surface area contributed by atoms with Gasteiger partial charge in [-0.25, -0.2) is 9.55 Å². The summed E-state index contributed by atoms with van der Waals surface area (Å²) in [6.07, 6.45) is 4.09. The molecule has 0 fully saturated rings. The van der Waals surface area contributed by atoms with E-state index >= 15 is 0 Å². The van der Waals surface area contributed by atoms with Crippen molar-refractivity contribution in [3.05, 3.63) is 48.3 Å². The zero-order valence-electron chi connectivity index (χ0n) is 10.9. The molecular formula is C15H15IN2O. The van der Waals surface area contributed by atoms with Crippen molar-refractivity contribution in [3.8, 4) is 11.5 Å². The number of aromatic nitrogens is 2. The summed E-state index contributed by atoms with van der Waals surface area (Å²) < 4.78 is 7.89. The minimum Gasteiger partial charge on any atom is -1.00 e. The van der Waals surface area contributed by atoms with Crippen molar-refractivity contribution in [2.45, 2.75) is 20.4 Å². The fraction of sp³-hybridized carbons (Fsp3) is 0.200. The highest BCUT2D eigenvalue weighted by molar-refractivity contribution is 5.76. The first kappa shape index (κ1) is 14.0. The average Bonchev–Trinajstić information content (AvgIpc) is 2.81. The van der Waals surface area contributed by atoms with Gasteiger partial charge < -0.3 is 28.4 Å². The van der Waals surface area contributed by atoms with E-state index in [1.54, 1.807) is 0 Å². The summed E-state index contributed by atoms with van der Waals surface area (Å²) in [5.74, 6) is 0.679. The number of pyridine rings is 1. The largest absolute Gasteiger partial charge is 1.00 e. The van der Waals surface area contributed by atoms with E-state index in [1.165, 1.54) is 5.56 Å². The minimum atomic E-state index is 0. The standard InChI is InChI=1S/C15H15N2O.HI/c1-3-17-8-4-5-12(10-17)15-16-13-9-11(2)6-7-14(13)18-15;/h4-10H,3H2,1-2H3;1H/q+1;/p-1. The maximum atomic E-state index is 5.78. The molecule has 0 saturated heterocycles. The van der Waals surface area contributed by atoms with Gasteiger partial charge in [0.25, 0.3) is 0 Å². The Morgan fingerprint density at radius 2 is 2.11 bits per heavy atom. The molecule has 19 heavy (non-hydrogen) atoms. The Kier molecular flexibility index (Phi) is 4.19. The molecule has 0 spiro atoms. The van der Waals surface area contributed by atoms with E-state index in [0.717, 1.165) is 23.2 Å². The van der Waals surface area contributed by atoms with Crippen molar-refractivity contribution < 1.29 is 33.0 Å². The van der Waals surface area contributed by atoms with Gasteiger partial charge in [0.15, 0.2) is 18.0 Å². The van der Waals surface area contributed by atoms with Gasteiger partial charge in [-0.05, 0) is 37.6 Å². The first-order valence-corrected chi connectivity index (χ1v) is 6.13. The number of hydrogen-bond donors (Lipinski definition) is 0. The molecule has 2 aromatic heterocycles. The smallest absolute Gasteiger partial charge is 0.233 e. The molecule has 0 saturated carbocycles. The normalized spacial score (nSPS) is 10.4. The van der Waals surface area contributed by atoms with E-state index in [1.807, 2.05) is 36.5 Å². The van der Waals surface area contributed by atoms with E-state index in [0.29, 0.717) is 5.89 Å². The van der Waals surface area contributed by atoms with Crippen molar-refractivity contribution >= 4 is 11.1 Å². The highest BCUT2D eigenvalue weighted by atomic mass is 127. The van der Waals surface area contributed by atoms with Gasteiger partial charge in [0.05, 0.1) is 0 Å². The van der Waals surface area contributed by atoms with Gasteiger partial charge in [-0.15, -0.1) is 0 Å². The van der Waals surface area contributed by atoms with Crippen LogP contribution in [-0.2, 0) is 6.54 Å². The summed E-state index contributed by atoms with van der Waals surface area (Å²) in [5, 5.41) is 0. The van der Waals surface area contributed by atoms with E-state index in [2.05, 4.69) is 29.6 Å². The maximum Gasteiger partial charge on any atom is 0.233 e. The van der Waals surface area contributed by atoms with Crippen LogP contribution in [0.25, 0.3) is 22.6 Å². The van der Waals surface area contributed by atoms with Crippen molar-refractivity contribution in [2.24, 2.45) is 0 Å². The molecule has 0 atom stereocenters. The Morgan fingerprint density at radius 3 is 2.89 bits per heavy atom. The lowest BCUT2D eigenvalue weighted by Crippen LogP contribution is -3.00. The Labute approximate surface area is 129 Å². The first-order chi connectivity index (χ1) is 8.76. The fourth-order valence-electron chi connectivity index (χ4n) is 2.01. The second-order valence-electron chi connectivity index (χ2n) is 4.41. The predicted molar refractivity (Wildman–Crippen MR) is 70.1 cm³/mol. The Hall–Kier alpha value is -1.43. The molecule has 98 valence electrons. The number of fused-ring (bicyclic) bond motifs is 1. The van der Waals surface area contributed by atoms with E-state index in [9.17, 15) is 0 Å². The monoisotopic (exact) mass is 366 g/mol. The van der Waals surface area contributed by atoms with Crippen LogP contribution in [0.15, 0.2) is 47.1 Å². The van der Waals surface area contributed by atoms with Crippen molar-refractivity contribution in [1.82, 2.24) is 4.98 Å². The molecule has 3 nitrogen and oxygen atoms in total. The van der Waals surface area contributed by atoms with Crippen LogP contribution in [0.5, 0.6) is 0 Å². The van der Waals surface area contributed by atoms with Gasteiger partial charge in [-0.2, -0.15) is 0 Å². The van der Waals surface area contributed by atoms with Crippen LogP contribution in [0.2, 0.25) is 0 Å². The number of benzene rings is 1. The number of oxazole rings is 1. The minimum absolute atomic E-state index is 0. The third kappa shape index (κ3) is 2.78. The van der Waals surface area contributed by atoms with Crippen LogP contribution in [0.1, 0.15) is 12.5 Å². The summed E-state index contributed by atoms with van der Waals surface area (Å²) >= 11 is 0. The molecule has 0 radical (unpaired) electrons. The first-order valence-electron chi connectivity index (χ1n) is 6.13. The second kappa shape index (κ2) is 5.69. The molecule has 3 rings (SSSR count). The summed E-state index contributed by atoms with van der Waals surface area (Å²) in [4.78, 5) is 4.54. The maximum absolute atomic E-state index is 5.78. The number of halogens is 1. The van der Waals surface area contributed by atoms with E-state index in [-0.39, 0.29) is 24.0 Å². The van der Waals surface area contributed by atoms with Gasteiger partial charge in [0.1, 0.15) is 17.6 Å². The van der Waals surface area contributed by atoms with Crippen LogP contribution in [0.4, 0.5) is 0 Å². The molecule has 1 aromatic carbocycles. The van der Waals surface area contributed by atoms with Gasteiger partial charge in [-0.1, -0.05) is 6.07 Å². The predicted octanol–water partition coefficient (Wildman–Crippen LogP) is 0.115. The molecule has 0 bridgehead atoms. The molecule has 0 unspecified atom stereocenters. The zero-order valence-corrected chi connectivity index (χ0v) is 13.1. The lowest BCUT2D eigenvalue weighted by molar-refractivity contribution is -0.693. The van der Waals surface area contributed by atoms with Crippen molar-refractivity contribution in [2.75, 3.05) is 0 Å². The van der Waals surface area contributed by atoms with Crippen LogP contribution < -0.4 is 28.5 Å². The van der Waals surface area contributed by atoms with Crippen LogP contribution >= 0.6 is 0 Å². The topological polar surface area (TPSA) is 29.9 Å². The highest BCUT2D eigenvalue weighted by Gasteiger charge is 2.11. The molecule has 3 aromatic rings. The van der Waals surface area contributed by atoms with Crippen LogP contribution in [0.3, 0.4) is 0 Å². The van der Waals surface area contributed by atoms with Crippen molar-refractivity contribution in [1.29, 1.82) is 0 Å². The number of hydrogen-bond acceptors (Lipinski definition) is 2. The fourth-order valence-corrected chi connectivity index (χ4v) is 2.01. The summed E-state index contributed by atoms with van der Waals surface area (Å²) in [5.41, 5.74) is 3.95. The highest BCUT2D eigenvalue weighted by Crippen LogP contribution is 2.23. The lowest BCUT2D eigenvalue weighted by atomic mass is 10.2. The zero-order chi connectivity index (χ0) is 12.5. The number of nitrogens with zero attached hydrogens (tertiary/aromatic N) is 2. The van der Waals surface area contributed by atoms with Gasteiger partial charge in [-0.3, -0.25) is 0 Å². The average molecular weight is 366 g/mol. The molecule has 0 aliphatic rings. The Balaban J connectivity index is 0.00000133. The Morgan fingerprint density at radius 1 is 1.26 bits per heavy atom. The molecule has 0 amide bonds. The molecule has 2 heterocycles. The Bertz CT molecular complexity index is 706. The molecule has 0 aliphatic heterocycles. The van der Waals surface area contributed by atoms with Crippen molar-refractivity contribution in [3.63, 3.8) is 0 Å². The number of rotatable bonds is 2. The van der Waals surface area contributed by atoms with Gasteiger partial charge in [0.2, 0.25) is 5.89 Å². The van der Waals surface area contributed by atoms with Crippen LogP contribution in [0, 0.1) is 6.92 Å². The SMILES string of the molecule is CC[n+]1cccc(-c2nc3cc(C)ccc3o2)c1.[I-]. The summed E-state index contributed by atoms with van der Waals surface area (Å²) in [6.45, 7) is 5.10.